The first-order valence-electron chi connectivity index (χ1n) is 4.40. The van der Waals surface area contributed by atoms with Crippen molar-refractivity contribution in [2.45, 2.75) is 19.3 Å². The van der Waals surface area contributed by atoms with Crippen molar-refractivity contribution >= 4 is 5.91 Å². The highest BCUT2D eigenvalue weighted by Crippen LogP contribution is 2.22. The second-order valence-electron chi connectivity index (χ2n) is 3.24. The lowest BCUT2D eigenvalue weighted by Gasteiger charge is -2.25. The molecule has 0 aromatic heterocycles. The molecule has 1 aliphatic rings. The molecule has 0 aromatic carbocycles. The van der Waals surface area contributed by atoms with Crippen molar-refractivity contribution in [3.8, 4) is 0 Å². The smallest absolute Gasteiger partial charge is 0.235 e. The molecular weight excluding hydrogens is 150 g/mol. The molecule has 66 valence electrons. The fourth-order valence-corrected chi connectivity index (χ4v) is 1.70. The molecule has 12 heavy (non-hydrogen) atoms. The average molecular weight is 166 g/mol. The third-order valence-corrected chi connectivity index (χ3v) is 2.53. The van der Waals surface area contributed by atoms with Gasteiger partial charge in [0.1, 0.15) is 0 Å². The molecule has 2 heteroatoms. The lowest BCUT2D eigenvalue weighted by atomic mass is 10.3. The van der Waals surface area contributed by atoms with Crippen LogP contribution in [-0.4, -0.2) is 23.5 Å². The van der Waals surface area contributed by atoms with Crippen molar-refractivity contribution in [1.82, 2.24) is 0 Å². The van der Waals surface area contributed by atoms with Gasteiger partial charge in [0.2, 0.25) is 0 Å². The van der Waals surface area contributed by atoms with E-state index in [1.165, 1.54) is 0 Å². The number of quaternary nitrogens is 1. The summed E-state index contributed by atoms with van der Waals surface area (Å²) in [6, 6.07) is 0. The Morgan fingerprint density at radius 1 is 1.50 bits per heavy atom. The zero-order chi connectivity index (χ0) is 9.03. The Kier molecular flexibility index (Phi) is 2.82. The fourth-order valence-electron chi connectivity index (χ4n) is 1.70. The average Bonchev–Trinajstić information content (AvgIpc) is 2.45. The minimum absolute atomic E-state index is 0.312. The van der Waals surface area contributed by atoms with Gasteiger partial charge in [-0.3, -0.25) is 0 Å². The van der Waals surface area contributed by atoms with Crippen molar-refractivity contribution in [2.75, 3.05) is 13.1 Å². The quantitative estimate of drug-likeness (QED) is 0.460. The number of amides is 1. The van der Waals surface area contributed by atoms with Crippen LogP contribution in [-0.2, 0) is 4.79 Å². The first-order valence-corrected chi connectivity index (χ1v) is 4.40. The highest BCUT2D eigenvalue weighted by atomic mass is 16.2. The number of likely N-dealkylation sites (tertiary alicyclic amines) is 1. The molecule has 1 aliphatic heterocycles. The highest BCUT2D eigenvalue weighted by molar-refractivity contribution is 5.71. The van der Waals surface area contributed by atoms with Gasteiger partial charge in [-0.1, -0.05) is 6.08 Å². The summed E-state index contributed by atoms with van der Waals surface area (Å²) in [6.07, 6.45) is 6.23. The molecule has 1 amide bonds. The van der Waals surface area contributed by atoms with Crippen LogP contribution in [0.4, 0.5) is 0 Å². The molecule has 0 bridgehead atoms. The third kappa shape index (κ3) is 1.48. The first kappa shape index (κ1) is 9.20. The molecular formula is C10H16NO+. The predicted molar refractivity (Wildman–Crippen MR) is 49.2 cm³/mol. The van der Waals surface area contributed by atoms with E-state index in [4.69, 9.17) is 0 Å². The summed E-state index contributed by atoms with van der Waals surface area (Å²) >= 11 is 0. The molecule has 1 heterocycles. The molecule has 0 aromatic rings. The molecule has 1 rings (SSSR count). The largest absolute Gasteiger partial charge is 0.318 e. The van der Waals surface area contributed by atoms with Crippen LogP contribution in [0.3, 0.4) is 0 Å². The van der Waals surface area contributed by atoms with Crippen LogP contribution in [0.5, 0.6) is 0 Å². The van der Waals surface area contributed by atoms with E-state index in [0.29, 0.717) is 16.8 Å². The van der Waals surface area contributed by atoms with Gasteiger partial charge in [-0.25, -0.2) is 9.28 Å². The van der Waals surface area contributed by atoms with Crippen molar-refractivity contribution in [1.29, 1.82) is 0 Å². The van der Waals surface area contributed by atoms with Crippen LogP contribution < -0.4 is 0 Å². The Hall–Kier alpha value is -0.890. The predicted octanol–water partition coefficient (Wildman–Crippen LogP) is 1.84. The van der Waals surface area contributed by atoms with E-state index in [2.05, 4.69) is 13.2 Å². The van der Waals surface area contributed by atoms with E-state index in [9.17, 15) is 4.79 Å². The van der Waals surface area contributed by atoms with Crippen LogP contribution in [0, 0.1) is 0 Å². The molecule has 0 aliphatic carbocycles. The van der Waals surface area contributed by atoms with Crippen LogP contribution in [0.1, 0.15) is 19.3 Å². The minimum atomic E-state index is 0.312. The van der Waals surface area contributed by atoms with E-state index in [1.807, 2.05) is 6.08 Å². The van der Waals surface area contributed by atoms with E-state index in [1.54, 1.807) is 6.20 Å². The summed E-state index contributed by atoms with van der Waals surface area (Å²) in [6.45, 7) is 9.16. The normalized spacial score (nSPS) is 28.8. The second kappa shape index (κ2) is 3.68. The van der Waals surface area contributed by atoms with Crippen LogP contribution in [0.2, 0.25) is 0 Å². The molecule has 1 saturated heterocycles. The van der Waals surface area contributed by atoms with Gasteiger partial charge in [0.25, 0.3) is 0 Å². The van der Waals surface area contributed by atoms with Crippen molar-refractivity contribution < 1.29 is 9.28 Å². The Bertz CT molecular complexity index is 210. The summed E-state index contributed by atoms with van der Waals surface area (Å²) in [5, 5.41) is 0. The fraction of sp³-hybridized carbons (Fsp3) is 0.500. The Morgan fingerprint density at radius 2 is 2.25 bits per heavy atom. The van der Waals surface area contributed by atoms with Crippen molar-refractivity contribution in [3.63, 3.8) is 0 Å². The van der Waals surface area contributed by atoms with Gasteiger partial charge >= 0.3 is 5.91 Å². The molecule has 1 fully saturated rings. The molecule has 1 unspecified atom stereocenters. The molecule has 2 nitrogen and oxygen atoms in total. The first-order chi connectivity index (χ1) is 5.75. The maximum atomic E-state index is 11.5. The maximum absolute atomic E-state index is 11.5. The summed E-state index contributed by atoms with van der Waals surface area (Å²) in [4.78, 5) is 11.5. The number of carbonyl (C=O) groups is 1. The molecule has 0 saturated carbocycles. The van der Waals surface area contributed by atoms with Gasteiger partial charge in [-0.2, -0.15) is 0 Å². The Labute approximate surface area is 73.8 Å². The molecule has 0 N–H and O–H groups in total. The number of hydrogen-bond donors (Lipinski definition) is 0. The topological polar surface area (TPSA) is 17.1 Å². The lowest BCUT2D eigenvalue weighted by molar-refractivity contribution is -0.793. The maximum Gasteiger partial charge on any atom is 0.318 e. The van der Waals surface area contributed by atoms with Gasteiger partial charge in [-0.05, 0) is 6.58 Å². The standard InChI is InChI=1S/C10H16NO/c1-3-5-8-11(4-2)9-6-7-10(11)12/h3-4H,1-2,5-9H2/q+1. The summed E-state index contributed by atoms with van der Waals surface area (Å²) in [7, 11) is 0. The second-order valence-corrected chi connectivity index (χ2v) is 3.24. The molecule has 1 atom stereocenters. The van der Waals surface area contributed by atoms with Gasteiger partial charge < -0.3 is 0 Å². The van der Waals surface area contributed by atoms with E-state index >= 15 is 0 Å². The van der Waals surface area contributed by atoms with Gasteiger partial charge in [0, 0.05) is 12.8 Å². The monoisotopic (exact) mass is 166 g/mol. The van der Waals surface area contributed by atoms with Crippen LogP contribution in [0.15, 0.2) is 25.4 Å². The molecule has 0 radical (unpaired) electrons. The highest BCUT2D eigenvalue weighted by Gasteiger charge is 2.37. The Morgan fingerprint density at radius 3 is 2.67 bits per heavy atom. The van der Waals surface area contributed by atoms with Crippen LogP contribution in [0.25, 0.3) is 0 Å². The summed E-state index contributed by atoms with van der Waals surface area (Å²) < 4.78 is 0.464. The van der Waals surface area contributed by atoms with Crippen molar-refractivity contribution in [2.24, 2.45) is 0 Å². The van der Waals surface area contributed by atoms with Crippen LogP contribution >= 0.6 is 0 Å². The van der Waals surface area contributed by atoms with E-state index < -0.39 is 0 Å². The minimum Gasteiger partial charge on any atom is -0.235 e. The van der Waals surface area contributed by atoms with Crippen molar-refractivity contribution in [3.05, 3.63) is 25.4 Å². The van der Waals surface area contributed by atoms with Gasteiger partial charge in [0.05, 0.1) is 25.7 Å². The SMILES string of the molecule is C=CCC[N+]1(C=C)CCCC1=O. The zero-order valence-electron chi connectivity index (χ0n) is 7.46. The van der Waals surface area contributed by atoms with E-state index in [-0.39, 0.29) is 0 Å². The number of rotatable bonds is 4. The van der Waals surface area contributed by atoms with E-state index in [0.717, 1.165) is 25.9 Å². The third-order valence-electron chi connectivity index (χ3n) is 2.53. The van der Waals surface area contributed by atoms with Gasteiger partial charge in [0.15, 0.2) is 0 Å². The number of nitrogens with zero attached hydrogens (tertiary/aromatic N) is 1. The number of carbonyl (C=O) groups excluding carboxylic acids is 1. The van der Waals surface area contributed by atoms with Gasteiger partial charge in [-0.15, -0.1) is 6.58 Å². The Balaban J connectivity index is 2.67. The summed E-state index contributed by atoms with van der Waals surface area (Å²) in [5.74, 6) is 0.312. The molecule has 0 spiro atoms. The lowest BCUT2D eigenvalue weighted by Crippen LogP contribution is -2.44. The summed E-state index contributed by atoms with van der Waals surface area (Å²) in [5.41, 5.74) is 0. The number of hydrogen-bond acceptors (Lipinski definition) is 1. The zero-order valence-corrected chi connectivity index (χ0v) is 7.46.